The average molecular weight is 268 g/mol. The first-order valence-electron chi connectivity index (χ1n) is 5.75. The van der Waals surface area contributed by atoms with Gasteiger partial charge in [0.25, 0.3) is 0 Å². The molecule has 1 saturated heterocycles. The molecule has 1 amide bonds. The van der Waals surface area contributed by atoms with Crippen molar-refractivity contribution in [1.82, 2.24) is 0 Å². The Hall–Kier alpha value is -1.56. The Balaban J connectivity index is 2.35. The molecule has 1 aromatic carbocycles. The summed E-state index contributed by atoms with van der Waals surface area (Å²) in [6.45, 7) is 2.60. The molecule has 0 saturated carbocycles. The second kappa shape index (κ2) is 4.61. The van der Waals surface area contributed by atoms with E-state index in [9.17, 15) is 13.2 Å². The SMILES string of the molecule is Cc1ccc(NS(C)(=O)=O)cc1N1CCCC1=O. The van der Waals surface area contributed by atoms with Gasteiger partial charge in [0, 0.05) is 18.7 Å². The van der Waals surface area contributed by atoms with Crippen LogP contribution in [0.2, 0.25) is 0 Å². The normalized spacial score (nSPS) is 16.1. The third-order valence-electron chi connectivity index (χ3n) is 2.88. The zero-order valence-electron chi connectivity index (χ0n) is 10.4. The van der Waals surface area contributed by atoms with Gasteiger partial charge in [-0.3, -0.25) is 9.52 Å². The fraction of sp³-hybridized carbons (Fsp3) is 0.417. The summed E-state index contributed by atoms with van der Waals surface area (Å²) in [5, 5.41) is 0. The molecule has 2 rings (SSSR count). The number of sulfonamides is 1. The summed E-state index contributed by atoms with van der Waals surface area (Å²) in [7, 11) is -3.30. The Labute approximate surface area is 107 Å². The number of nitrogens with one attached hydrogen (secondary N) is 1. The number of carbonyl (C=O) groups excluding carboxylic acids is 1. The van der Waals surface area contributed by atoms with Crippen molar-refractivity contribution >= 4 is 27.3 Å². The van der Waals surface area contributed by atoms with Gasteiger partial charge in [-0.2, -0.15) is 0 Å². The van der Waals surface area contributed by atoms with E-state index in [0.717, 1.165) is 23.9 Å². The molecule has 1 N–H and O–H groups in total. The molecule has 0 aliphatic carbocycles. The Morgan fingerprint density at radius 3 is 2.61 bits per heavy atom. The molecule has 1 aliphatic heterocycles. The number of anilines is 2. The lowest BCUT2D eigenvalue weighted by Crippen LogP contribution is -2.24. The number of amides is 1. The van der Waals surface area contributed by atoms with Crippen LogP contribution in [0.3, 0.4) is 0 Å². The van der Waals surface area contributed by atoms with Gasteiger partial charge in [-0.1, -0.05) is 6.07 Å². The molecule has 0 unspecified atom stereocenters. The van der Waals surface area contributed by atoms with Crippen LogP contribution >= 0.6 is 0 Å². The van der Waals surface area contributed by atoms with E-state index in [-0.39, 0.29) is 5.91 Å². The number of benzene rings is 1. The molecular formula is C12H16N2O3S. The molecule has 1 aromatic rings. The number of hydrogen-bond acceptors (Lipinski definition) is 3. The first kappa shape index (κ1) is 12.9. The van der Waals surface area contributed by atoms with Gasteiger partial charge in [-0.05, 0) is 31.0 Å². The predicted molar refractivity (Wildman–Crippen MR) is 71.2 cm³/mol. The minimum atomic E-state index is -3.30. The van der Waals surface area contributed by atoms with Crippen LogP contribution in [-0.2, 0) is 14.8 Å². The second-order valence-electron chi connectivity index (χ2n) is 4.52. The van der Waals surface area contributed by atoms with E-state index >= 15 is 0 Å². The molecule has 0 atom stereocenters. The Morgan fingerprint density at radius 1 is 1.33 bits per heavy atom. The van der Waals surface area contributed by atoms with Gasteiger partial charge < -0.3 is 4.90 Å². The predicted octanol–water partition coefficient (Wildman–Crippen LogP) is 1.49. The molecule has 0 aromatic heterocycles. The number of carbonyl (C=O) groups is 1. The minimum Gasteiger partial charge on any atom is -0.312 e. The number of hydrogen-bond donors (Lipinski definition) is 1. The van der Waals surface area contributed by atoms with E-state index in [1.54, 1.807) is 17.0 Å². The van der Waals surface area contributed by atoms with Crippen molar-refractivity contribution in [2.45, 2.75) is 19.8 Å². The Morgan fingerprint density at radius 2 is 2.06 bits per heavy atom. The Bertz CT molecular complexity index is 581. The molecule has 1 fully saturated rings. The summed E-state index contributed by atoms with van der Waals surface area (Å²) in [6, 6.07) is 5.22. The largest absolute Gasteiger partial charge is 0.312 e. The Kier molecular flexibility index (Phi) is 3.30. The fourth-order valence-corrected chi connectivity index (χ4v) is 2.64. The summed E-state index contributed by atoms with van der Waals surface area (Å²) in [4.78, 5) is 13.4. The number of aryl methyl sites for hydroxylation is 1. The highest BCUT2D eigenvalue weighted by molar-refractivity contribution is 7.92. The summed E-state index contributed by atoms with van der Waals surface area (Å²) in [6.07, 6.45) is 2.51. The zero-order chi connectivity index (χ0) is 13.3. The molecule has 18 heavy (non-hydrogen) atoms. The smallest absolute Gasteiger partial charge is 0.229 e. The molecule has 5 nitrogen and oxygen atoms in total. The second-order valence-corrected chi connectivity index (χ2v) is 6.27. The van der Waals surface area contributed by atoms with Crippen LogP contribution in [0.25, 0.3) is 0 Å². The topological polar surface area (TPSA) is 66.5 Å². The quantitative estimate of drug-likeness (QED) is 0.903. The summed E-state index contributed by atoms with van der Waals surface area (Å²) in [5.41, 5.74) is 2.23. The highest BCUT2D eigenvalue weighted by Gasteiger charge is 2.23. The first-order chi connectivity index (χ1) is 8.37. The molecule has 1 heterocycles. The maximum absolute atomic E-state index is 11.7. The van der Waals surface area contributed by atoms with Crippen LogP contribution in [0.5, 0.6) is 0 Å². The summed E-state index contributed by atoms with van der Waals surface area (Å²) < 4.78 is 24.8. The van der Waals surface area contributed by atoms with Gasteiger partial charge in [0.15, 0.2) is 0 Å². The molecule has 0 spiro atoms. The van der Waals surface area contributed by atoms with Crippen molar-refractivity contribution in [3.63, 3.8) is 0 Å². The van der Waals surface area contributed by atoms with E-state index in [0.29, 0.717) is 18.7 Å². The number of nitrogens with zero attached hydrogens (tertiary/aromatic N) is 1. The van der Waals surface area contributed by atoms with Gasteiger partial charge in [-0.15, -0.1) is 0 Å². The minimum absolute atomic E-state index is 0.0922. The van der Waals surface area contributed by atoms with Crippen molar-refractivity contribution in [1.29, 1.82) is 0 Å². The lowest BCUT2D eigenvalue weighted by atomic mass is 10.1. The van der Waals surface area contributed by atoms with Crippen molar-refractivity contribution < 1.29 is 13.2 Å². The summed E-state index contributed by atoms with van der Waals surface area (Å²) in [5.74, 6) is 0.0922. The van der Waals surface area contributed by atoms with Crippen LogP contribution in [0, 0.1) is 6.92 Å². The van der Waals surface area contributed by atoms with E-state index < -0.39 is 10.0 Å². The molecular weight excluding hydrogens is 252 g/mol. The van der Waals surface area contributed by atoms with Crippen molar-refractivity contribution in [3.05, 3.63) is 23.8 Å². The van der Waals surface area contributed by atoms with Crippen molar-refractivity contribution in [3.8, 4) is 0 Å². The average Bonchev–Trinajstić information content (AvgIpc) is 2.65. The third-order valence-corrected chi connectivity index (χ3v) is 3.48. The van der Waals surface area contributed by atoms with Crippen molar-refractivity contribution in [2.24, 2.45) is 0 Å². The van der Waals surface area contributed by atoms with Gasteiger partial charge in [0.2, 0.25) is 15.9 Å². The highest BCUT2D eigenvalue weighted by Crippen LogP contribution is 2.28. The maximum atomic E-state index is 11.7. The van der Waals surface area contributed by atoms with Crippen LogP contribution in [0.4, 0.5) is 11.4 Å². The summed E-state index contributed by atoms with van der Waals surface area (Å²) >= 11 is 0. The van der Waals surface area contributed by atoms with Crippen molar-refractivity contribution in [2.75, 3.05) is 22.4 Å². The zero-order valence-corrected chi connectivity index (χ0v) is 11.3. The van der Waals surface area contributed by atoms with Crippen LogP contribution < -0.4 is 9.62 Å². The third kappa shape index (κ3) is 2.81. The highest BCUT2D eigenvalue weighted by atomic mass is 32.2. The van der Waals surface area contributed by atoms with Crippen LogP contribution in [0.1, 0.15) is 18.4 Å². The molecule has 98 valence electrons. The van der Waals surface area contributed by atoms with E-state index in [1.165, 1.54) is 0 Å². The lowest BCUT2D eigenvalue weighted by Gasteiger charge is -2.19. The monoisotopic (exact) mass is 268 g/mol. The van der Waals surface area contributed by atoms with E-state index in [4.69, 9.17) is 0 Å². The number of rotatable bonds is 3. The van der Waals surface area contributed by atoms with E-state index in [2.05, 4.69) is 4.72 Å². The van der Waals surface area contributed by atoms with Gasteiger partial charge >= 0.3 is 0 Å². The van der Waals surface area contributed by atoms with Gasteiger partial charge in [0.1, 0.15) is 0 Å². The first-order valence-corrected chi connectivity index (χ1v) is 7.65. The molecule has 0 radical (unpaired) electrons. The fourth-order valence-electron chi connectivity index (χ4n) is 2.08. The van der Waals surface area contributed by atoms with E-state index in [1.807, 2.05) is 13.0 Å². The molecule has 0 bridgehead atoms. The van der Waals surface area contributed by atoms with Gasteiger partial charge in [-0.25, -0.2) is 8.42 Å². The molecule has 1 aliphatic rings. The maximum Gasteiger partial charge on any atom is 0.229 e. The standard InChI is InChI=1S/C12H16N2O3S/c1-9-5-6-10(13-18(2,16)17)8-11(9)14-7-3-4-12(14)15/h5-6,8,13H,3-4,7H2,1-2H3. The van der Waals surface area contributed by atoms with Gasteiger partial charge in [0.05, 0.1) is 11.9 Å². The van der Waals surface area contributed by atoms with Crippen LogP contribution in [-0.4, -0.2) is 27.1 Å². The lowest BCUT2D eigenvalue weighted by molar-refractivity contribution is -0.117. The molecule has 6 heteroatoms. The van der Waals surface area contributed by atoms with Crippen LogP contribution in [0.15, 0.2) is 18.2 Å².